The first-order valence-electron chi connectivity index (χ1n) is 14.4. The van der Waals surface area contributed by atoms with Gasteiger partial charge in [0.2, 0.25) is 0 Å². The van der Waals surface area contributed by atoms with Gasteiger partial charge in [-0.1, -0.05) is 113 Å². The summed E-state index contributed by atoms with van der Waals surface area (Å²) < 4.78 is 6.24. The second-order valence-electron chi connectivity index (χ2n) is 10.3. The predicted molar refractivity (Wildman–Crippen MR) is 153 cm³/mol. The molecule has 1 N–H and O–H groups in total. The maximum Gasteiger partial charge on any atom is 0.339 e. The van der Waals surface area contributed by atoms with Gasteiger partial charge < -0.3 is 9.84 Å². The highest BCUT2D eigenvalue weighted by atomic mass is 16.5. The molecule has 200 valence electrons. The number of hydrogen-bond donors (Lipinski definition) is 1. The van der Waals surface area contributed by atoms with E-state index in [1.807, 2.05) is 36.4 Å². The molecule has 0 radical (unpaired) electrons. The molecule has 3 rings (SSSR count). The number of ether oxygens (including phenoxy) is 1. The topological polar surface area (TPSA) is 63.6 Å². The lowest BCUT2D eigenvalue weighted by Gasteiger charge is -2.20. The lowest BCUT2D eigenvalue weighted by atomic mass is 9.96. The van der Waals surface area contributed by atoms with Crippen LogP contribution >= 0.6 is 0 Å². The summed E-state index contributed by atoms with van der Waals surface area (Å²) in [5, 5.41) is 12.8. The highest BCUT2D eigenvalue weighted by Crippen LogP contribution is 2.30. The number of carboxylic acids is 1. The Morgan fingerprint density at radius 1 is 0.703 bits per heavy atom. The summed E-state index contributed by atoms with van der Waals surface area (Å²) in [4.78, 5) is 24.2. The Morgan fingerprint density at radius 2 is 1.19 bits per heavy atom. The highest BCUT2D eigenvalue weighted by Gasteiger charge is 2.20. The number of rotatable bonds is 18. The molecule has 1 atom stereocenters. The standard InChI is InChI=1S/C33H44O4/c1-2-3-4-11-20-28(21-12-9-7-5-6-8-10-13-24-31(34)35)37-33(36)32-29-22-16-14-18-26(29)25-27-19-15-17-23-30(27)32/h14-19,22-23,25,28H,2-13,20-21,24H2,1H3,(H,34,35)/t28-/m0/s1. The SMILES string of the molecule is CCCCCC[C@@H](CCCCCCCCCCC(=O)O)OC(=O)c1c2ccccc2cc2ccccc12. The predicted octanol–water partition coefficient (Wildman–Crippen LogP) is 9.47. The minimum absolute atomic E-state index is 0.0434. The number of carboxylic acid groups (broad SMARTS) is 1. The smallest absolute Gasteiger partial charge is 0.339 e. The van der Waals surface area contributed by atoms with Gasteiger partial charge in [0, 0.05) is 6.42 Å². The van der Waals surface area contributed by atoms with Crippen LogP contribution in [-0.2, 0) is 9.53 Å². The van der Waals surface area contributed by atoms with Gasteiger partial charge in [0.05, 0.1) is 5.56 Å². The van der Waals surface area contributed by atoms with Gasteiger partial charge in [-0.15, -0.1) is 0 Å². The summed E-state index contributed by atoms with van der Waals surface area (Å²) in [5.41, 5.74) is 0.690. The first-order chi connectivity index (χ1) is 18.1. The zero-order valence-corrected chi connectivity index (χ0v) is 22.6. The van der Waals surface area contributed by atoms with Crippen molar-refractivity contribution < 1.29 is 19.4 Å². The van der Waals surface area contributed by atoms with Crippen LogP contribution in [0.15, 0.2) is 54.6 Å². The fraction of sp³-hybridized carbons (Fsp3) is 0.515. The minimum atomic E-state index is -0.696. The summed E-state index contributed by atoms with van der Waals surface area (Å²) in [7, 11) is 0. The van der Waals surface area contributed by atoms with Crippen molar-refractivity contribution in [2.24, 2.45) is 0 Å². The van der Waals surface area contributed by atoms with Crippen molar-refractivity contribution >= 4 is 33.5 Å². The van der Waals surface area contributed by atoms with Crippen LogP contribution in [0.5, 0.6) is 0 Å². The van der Waals surface area contributed by atoms with Crippen LogP contribution in [0.4, 0.5) is 0 Å². The summed E-state index contributed by atoms with van der Waals surface area (Å²) in [6.07, 6.45) is 15.5. The van der Waals surface area contributed by atoms with E-state index in [0.29, 0.717) is 5.56 Å². The van der Waals surface area contributed by atoms with Crippen molar-refractivity contribution in [3.8, 4) is 0 Å². The summed E-state index contributed by atoms with van der Waals surface area (Å²) in [5.74, 6) is -0.895. The van der Waals surface area contributed by atoms with Crippen molar-refractivity contribution in [2.75, 3.05) is 0 Å². The number of carbonyl (C=O) groups excluding carboxylic acids is 1. The third kappa shape index (κ3) is 9.50. The van der Waals surface area contributed by atoms with Gasteiger partial charge in [-0.2, -0.15) is 0 Å². The third-order valence-electron chi connectivity index (χ3n) is 7.30. The largest absolute Gasteiger partial charge is 0.481 e. The van der Waals surface area contributed by atoms with Crippen molar-refractivity contribution in [1.82, 2.24) is 0 Å². The first kappa shape index (κ1) is 28.7. The molecule has 0 unspecified atom stereocenters. The van der Waals surface area contributed by atoms with Gasteiger partial charge in [0.1, 0.15) is 6.10 Å². The Bertz CT molecular complexity index is 1070. The van der Waals surface area contributed by atoms with E-state index >= 15 is 0 Å². The molecule has 0 aliphatic carbocycles. The van der Waals surface area contributed by atoms with E-state index < -0.39 is 5.97 Å². The monoisotopic (exact) mass is 504 g/mol. The summed E-state index contributed by atoms with van der Waals surface area (Å²) in [6, 6.07) is 18.3. The fourth-order valence-corrected chi connectivity index (χ4v) is 5.21. The van der Waals surface area contributed by atoms with Crippen LogP contribution in [0.2, 0.25) is 0 Å². The lowest BCUT2D eigenvalue weighted by molar-refractivity contribution is -0.137. The highest BCUT2D eigenvalue weighted by molar-refractivity contribution is 6.16. The molecule has 0 spiro atoms. The Hall–Kier alpha value is -2.88. The van der Waals surface area contributed by atoms with E-state index in [4.69, 9.17) is 9.84 Å². The summed E-state index contributed by atoms with van der Waals surface area (Å²) in [6.45, 7) is 2.22. The molecule has 0 heterocycles. The zero-order valence-electron chi connectivity index (χ0n) is 22.6. The van der Waals surface area contributed by atoms with E-state index in [0.717, 1.165) is 72.9 Å². The molecule has 3 aromatic rings. The van der Waals surface area contributed by atoms with Crippen molar-refractivity contribution in [3.05, 3.63) is 60.2 Å². The van der Waals surface area contributed by atoms with Gasteiger partial charge >= 0.3 is 11.9 Å². The minimum Gasteiger partial charge on any atom is -0.481 e. The van der Waals surface area contributed by atoms with Crippen LogP contribution in [-0.4, -0.2) is 23.1 Å². The van der Waals surface area contributed by atoms with E-state index in [9.17, 15) is 9.59 Å². The van der Waals surface area contributed by atoms with E-state index in [1.165, 1.54) is 38.5 Å². The van der Waals surface area contributed by atoms with E-state index in [2.05, 4.69) is 25.1 Å². The fourth-order valence-electron chi connectivity index (χ4n) is 5.21. The second-order valence-corrected chi connectivity index (χ2v) is 10.3. The molecule has 37 heavy (non-hydrogen) atoms. The molecule has 4 heteroatoms. The Labute approximate surface area is 222 Å². The molecule has 3 aromatic carbocycles. The maximum atomic E-state index is 13.6. The Kier molecular flexibility index (Phi) is 12.5. The maximum absolute atomic E-state index is 13.6. The van der Waals surface area contributed by atoms with Gasteiger partial charge in [0.25, 0.3) is 0 Å². The van der Waals surface area contributed by atoms with Crippen LogP contribution in [0.1, 0.15) is 114 Å². The molecular weight excluding hydrogens is 460 g/mol. The molecule has 0 bridgehead atoms. The molecule has 0 amide bonds. The van der Waals surface area contributed by atoms with Gasteiger partial charge in [-0.3, -0.25) is 4.79 Å². The Morgan fingerprint density at radius 3 is 1.73 bits per heavy atom. The van der Waals surface area contributed by atoms with Crippen molar-refractivity contribution in [2.45, 2.75) is 109 Å². The lowest BCUT2D eigenvalue weighted by Crippen LogP contribution is -2.19. The van der Waals surface area contributed by atoms with E-state index in [-0.39, 0.29) is 18.5 Å². The number of fused-ring (bicyclic) bond motifs is 2. The second kappa shape index (κ2) is 16.1. The first-order valence-corrected chi connectivity index (χ1v) is 14.4. The van der Waals surface area contributed by atoms with Crippen LogP contribution in [0.3, 0.4) is 0 Å². The molecular formula is C33H44O4. The number of hydrogen-bond acceptors (Lipinski definition) is 3. The van der Waals surface area contributed by atoms with Crippen LogP contribution < -0.4 is 0 Å². The summed E-state index contributed by atoms with van der Waals surface area (Å²) >= 11 is 0. The molecule has 0 saturated carbocycles. The molecule has 0 aromatic heterocycles. The van der Waals surface area contributed by atoms with Gasteiger partial charge in [-0.25, -0.2) is 4.79 Å². The zero-order chi connectivity index (χ0) is 26.3. The molecule has 0 aliphatic heterocycles. The number of unbranched alkanes of at least 4 members (excludes halogenated alkanes) is 10. The Balaban J connectivity index is 1.56. The van der Waals surface area contributed by atoms with E-state index in [1.54, 1.807) is 0 Å². The quantitative estimate of drug-likeness (QED) is 0.106. The third-order valence-corrected chi connectivity index (χ3v) is 7.30. The van der Waals surface area contributed by atoms with Crippen LogP contribution in [0.25, 0.3) is 21.5 Å². The number of esters is 1. The van der Waals surface area contributed by atoms with Gasteiger partial charge in [0.15, 0.2) is 0 Å². The number of aliphatic carboxylic acids is 1. The van der Waals surface area contributed by atoms with Crippen LogP contribution in [0, 0.1) is 0 Å². The number of carbonyl (C=O) groups is 2. The van der Waals surface area contributed by atoms with Crippen molar-refractivity contribution in [1.29, 1.82) is 0 Å². The van der Waals surface area contributed by atoms with Crippen molar-refractivity contribution in [3.63, 3.8) is 0 Å². The molecule has 0 fully saturated rings. The average Bonchev–Trinajstić information content (AvgIpc) is 2.90. The number of benzene rings is 3. The van der Waals surface area contributed by atoms with Gasteiger partial charge in [-0.05, 0) is 59.7 Å². The molecule has 0 saturated heterocycles. The normalized spacial score (nSPS) is 12.1. The molecule has 4 nitrogen and oxygen atoms in total. The average molecular weight is 505 g/mol. The molecule has 0 aliphatic rings.